The van der Waals surface area contributed by atoms with Crippen LogP contribution in [-0.2, 0) is 17.8 Å². The highest BCUT2D eigenvalue weighted by molar-refractivity contribution is 5.52. The Balaban J connectivity index is 2.43. The monoisotopic (exact) mass is 205 g/mol. The molecule has 0 fully saturated rings. The second-order valence-electron chi connectivity index (χ2n) is 3.20. The van der Waals surface area contributed by atoms with Gasteiger partial charge < -0.3 is 9.47 Å². The zero-order valence-corrected chi connectivity index (χ0v) is 8.45. The second kappa shape index (κ2) is 4.15. The van der Waals surface area contributed by atoms with Crippen LogP contribution < -0.4 is 9.47 Å². The van der Waals surface area contributed by atoms with Gasteiger partial charge in [-0.15, -0.1) is 0 Å². The molecule has 1 aliphatic heterocycles. The Kier molecular flexibility index (Phi) is 2.70. The Hall–Kier alpha value is -1.80. The van der Waals surface area contributed by atoms with Crippen LogP contribution in [0.2, 0.25) is 0 Å². The molecule has 0 saturated carbocycles. The highest BCUT2D eigenvalue weighted by Gasteiger charge is 2.19. The van der Waals surface area contributed by atoms with Gasteiger partial charge in [-0.1, -0.05) is 13.0 Å². The van der Waals surface area contributed by atoms with Crippen molar-refractivity contribution in [3.63, 3.8) is 0 Å². The summed E-state index contributed by atoms with van der Waals surface area (Å²) in [5.41, 5.74) is 2.05. The van der Waals surface area contributed by atoms with Crippen molar-refractivity contribution < 1.29 is 14.3 Å². The van der Waals surface area contributed by atoms with Crippen molar-refractivity contribution in [1.82, 2.24) is 0 Å². The average Bonchev–Trinajstić information content (AvgIpc) is 2.73. The van der Waals surface area contributed by atoms with Gasteiger partial charge in [0.05, 0.1) is 6.54 Å². The molecule has 0 spiro atoms. The number of hydrogen-bond donors (Lipinski definition) is 0. The molecule has 0 atom stereocenters. The largest absolute Gasteiger partial charge is 0.454 e. The van der Waals surface area contributed by atoms with Gasteiger partial charge in [-0.25, -0.2) is 9.79 Å². The summed E-state index contributed by atoms with van der Waals surface area (Å²) in [5, 5.41) is 0. The number of rotatable bonds is 3. The lowest BCUT2D eigenvalue weighted by Crippen LogP contribution is -1.96. The van der Waals surface area contributed by atoms with E-state index in [0.717, 1.165) is 29.0 Å². The van der Waals surface area contributed by atoms with Crippen LogP contribution in [0.15, 0.2) is 17.1 Å². The molecule has 0 radical (unpaired) electrons. The van der Waals surface area contributed by atoms with E-state index in [-0.39, 0.29) is 6.79 Å². The molecule has 15 heavy (non-hydrogen) atoms. The lowest BCUT2D eigenvalue weighted by atomic mass is 10.0. The van der Waals surface area contributed by atoms with E-state index in [1.54, 1.807) is 0 Å². The molecule has 0 amide bonds. The van der Waals surface area contributed by atoms with E-state index in [1.165, 1.54) is 6.08 Å². The van der Waals surface area contributed by atoms with E-state index in [4.69, 9.17) is 9.47 Å². The van der Waals surface area contributed by atoms with Crippen LogP contribution in [0.4, 0.5) is 0 Å². The molecule has 0 bridgehead atoms. The van der Waals surface area contributed by atoms with Crippen molar-refractivity contribution in [2.24, 2.45) is 4.99 Å². The van der Waals surface area contributed by atoms with Crippen LogP contribution >= 0.6 is 0 Å². The van der Waals surface area contributed by atoms with E-state index in [9.17, 15) is 4.79 Å². The van der Waals surface area contributed by atoms with Gasteiger partial charge in [-0.05, 0) is 18.1 Å². The van der Waals surface area contributed by atoms with Crippen LogP contribution in [0.1, 0.15) is 18.1 Å². The molecule has 1 aromatic rings. The van der Waals surface area contributed by atoms with Gasteiger partial charge in [-0.2, -0.15) is 0 Å². The van der Waals surface area contributed by atoms with Crippen LogP contribution in [0.25, 0.3) is 0 Å². The van der Waals surface area contributed by atoms with Gasteiger partial charge in [0.15, 0.2) is 11.5 Å². The van der Waals surface area contributed by atoms with Crippen LogP contribution in [0, 0.1) is 0 Å². The summed E-state index contributed by atoms with van der Waals surface area (Å²) in [7, 11) is 0. The summed E-state index contributed by atoms with van der Waals surface area (Å²) < 4.78 is 10.6. The zero-order valence-electron chi connectivity index (χ0n) is 8.45. The molecule has 0 aliphatic carbocycles. The maximum atomic E-state index is 10.1. The topological polar surface area (TPSA) is 47.9 Å². The lowest BCUT2D eigenvalue weighted by molar-refractivity contribution is 0.173. The Bertz CT molecular complexity index is 422. The molecule has 0 aromatic heterocycles. The third-order valence-corrected chi connectivity index (χ3v) is 2.41. The summed E-state index contributed by atoms with van der Waals surface area (Å²) in [6, 6.07) is 3.75. The van der Waals surface area contributed by atoms with Gasteiger partial charge in [0.25, 0.3) is 0 Å². The Morgan fingerprint density at radius 2 is 2.33 bits per heavy atom. The van der Waals surface area contributed by atoms with E-state index in [0.29, 0.717) is 6.54 Å². The fourth-order valence-corrected chi connectivity index (χ4v) is 1.72. The van der Waals surface area contributed by atoms with E-state index in [2.05, 4.69) is 4.99 Å². The average molecular weight is 205 g/mol. The molecule has 4 heteroatoms. The first-order chi connectivity index (χ1) is 7.36. The van der Waals surface area contributed by atoms with E-state index in [1.807, 2.05) is 19.1 Å². The normalized spacial score (nSPS) is 12.3. The van der Waals surface area contributed by atoms with Gasteiger partial charge in [0.1, 0.15) is 0 Å². The van der Waals surface area contributed by atoms with Gasteiger partial charge in [0.2, 0.25) is 12.9 Å². The summed E-state index contributed by atoms with van der Waals surface area (Å²) in [6.07, 6.45) is 2.37. The molecule has 0 saturated heterocycles. The molecule has 0 N–H and O–H groups in total. The van der Waals surface area contributed by atoms with Crippen molar-refractivity contribution >= 4 is 6.08 Å². The minimum atomic E-state index is 0.267. The zero-order chi connectivity index (χ0) is 10.7. The fraction of sp³-hybridized carbons (Fsp3) is 0.364. The van der Waals surface area contributed by atoms with Crippen molar-refractivity contribution in [2.75, 3.05) is 6.79 Å². The molecule has 0 unspecified atom stereocenters. The molecular weight excluding hydrogens is 194 g/mol. The first-order valence-electron chi connectivity index (χ1n) is 4.80. The van der Waals surface area contributed by atoms with Crippen molar-refractivity contribution in [2.45, 2.75) is 19.9 Å². The van der Waals surface area contributed by atoms with Crippen molar-refractivity contribution in [1.29, 1.82) is 0 Å². The van der Waals surface area contributed by atoms with Crippen molar-refractivity contribution in [3.8, 4) is 11.5 Å². The summed E-state index contributed by atoms with van der Waals surface area (Å²) in [4.78, 5) is 13.6. The predicted octanol–water partition coefficient (Wildman–Crippen LogP) is 1.81. The van der Waals surface area contributed by atoms with E-state index < -0.39 is 0 Å². The molecule has 2 rings (SSSR count). The van der Waals surface area contributed by atoms with Gasteiger partial charge in [0, 0.05) is 5.56 Å². The van der Waals surface area contributed by atoms with Crippen LogP contribution in [0.5, 0.6) is 11.5 Å². The third-order valence-electron chi connectivity index (χ3n) is 2.41. The maximum Gasteiger partial charge on any atom is 0.235 e. The first-order valence-corrected chi connectivity index (χ1v) is 4.80. The highest BCUT2D eigenvalue weighted by atomic mass is 16.7. The predicted molar refractivity (Wildman–Crippen MR) is 53.8 cm³/mol. The van der Waals surface area contributed by atoms with Crippen LogP contribution in [0.3, 0.4) is 0 Å². The SMILES string of the molecule is CCc1c(CN=C=O)ccc2c1OCO2. The first kappa shape index (κ1) is 9.74. The quantitative estimate of drug-likeness (QED) is 0.558. The van der Waals surface area contributed by atoms with Gasteiger partial charge >= 0.3 is 0 Å². The molecule has 4 nitrogen and oxygen atoms in total. The minimum absolute atomic E-state index is 0.267. The summed E-state index contributed by atoms with van der Waals surface area (Å²) in [6.45, 7) is 2.65. The third kappa shape index (κ3) is 1.72. The van der Waals surface area contributed by atoms with E-state index >= 15 is 0 Å². The number of isocyanates is 1. The number of benzene rings is 1. The smallest absolute Gasteiger partial charge is 0.235 e. The Morgan fingerprint density at radius 3 is 3.07 bits per heavy atom. The lowest BCUT2D eigenvalue weighted by Gasteiger charge is -2.07. The Morgan fingerprint density at radius 1 is 1.47 bits per heavy atom. The number of hydrogen-bond acceptors (Lipinski definition) is 4. The van der Waals surface area contributed by atoms with Crippen LogP contribution in [-0.4, -0.2) is 12.9 Å². The Labute approximate surface area is 87.5 Å². The molecular formula is C11H11NO3. The standard InChI is InChI=1S/C11H11NO3/c1-2-9-8(5-12-6-13)3-4-10-11(9)15-7-14-10/h3-4H,2,5,7H2,1H3. The highest BCUT2D eigenvalue weighted by Crippen LogP contribution is 2.37. The molecule has 1 heterocycles. The number of nitrogens with zero attached hydrogens (tertiary/aromatic N) is 1. The number of carbonyl (C=O) groups excluding carboxylic acids is 1. The fourth-order valence-electron chi connectivity index (χ4n) is 1.72. The second-order valence-corrected chi connectivity index (χ2v) is 3.20. The minimum Gasteiger partial charge on any atom is -0.454 e. The van der Waals surface area contributed by atoms with Gasteiger partial charge in [-0.3, -0.25) is 0 Å². The van der Waals surface area contributed by atoms with Crippen molar-refractivity contribution in [3.05, 3.63) is 23.3 Å². The number of ether oxygens (including phenoxy) is 2. The maximum absolute atomic E-state index is 10.1. The molecule has 1 aromatic carbocycles. The molecule has 1 aliphatic rings. The molecule has 78 valence electrons. The summed E-state index contributed by atoms with van der Waals surface area (Å²) >= 11 is 0. The number of fused-ring (bicyclic) bond motifs is 1. The summed E-state index contributed by atoms with van der Waals surface area (Å²) in [5.74, 6) is 1.56. The number of aliphatic imine (C=N–C) groups is 1.